The molecule has 0 unspecified atom stereocenters. The first-order valence-corrected chi connectivity index (χ1v) is 9.76. The zero-order valence-electron chi connectivity index (χ0n) is 15.8. The molecule has 2 aromatic heterocycles. The summed E-state index contributed by atoms with van der Waals surface area (Å²) in [6.07, 6.45) is 1.56. The molecule has 0 saturated carbocycles. The van der Waals surface area contributed by atoms with Crippen LogP contribution in [0.3, 0.4) is 0 Å². The van der Waals surface area contributed by atoms with Gasteiger partial charge in [0.2, 0.25) is 6.79 Å². The van der Waals surface area contributed by atoms with Crippen LogP contribution in [0.25, 0.3) is 21.3 Å². The third kappa shape index (κ3) is 3.07. The van der Waals surface area contributed by atoms with E-state index in [-0.39, 0.29) is 6.79 Å². The predicted molar refractivity (Wildman–Crippen MR) is 112 cm³/mol. The zero-order chi connectivity index (χ0) is 19.8. The second-order valence-electron chi connectivity index (χ2n) is 6.31. The normalized spacial score (nSPS) is 12.2. The van der Waals surface area contributed by atoms with E-state index in [0.717, 1.165) is 38.6 Å². The van der Waals surface area contributed by atoms with Crippen LogP contribution in [0.15, 0.2) is 48.1 Å². The van der Waals surface area contributed by atoms with Crippen LogP contribution in [0.5, 0.6) is 23.0 Å². The van der Waals surface area contributed by atoms with E-state index in [0.29, 0.717) is 17.2 Å². The lowest BCUT2D eigenvalue weighted by Gasteiger charge is -2.11. The van der Waals surface area contributed by atoms with E-state index in [9.17, 15) is 0 Å². The molecule has 5 rings (SSSR count). The van der Waals surface area contributed by atoms with E-state index < -0.39 is 0 Å². The standard InChI is InChI=1S/C21H17N3O4S/c1-25-15-5-3-12(7-17(15)26-2)14-9-29-21-19(14)20(22-10-23-21)24-13-4-6-16-18(8-13)28-11-27-16/h3-10H,11H2,1-2H3,(H,22,23,24). The number of thiophene rings is 1. The number of hydrogen-bond donors (Lipinski definition) is 1. The van der Waals surface area contributed by atoms with Crippen LogP contribution in [0.2, 0.25) is 0 Å². The van der Waals surface area contributed by atoms with Crippen molar-refractivity contribution in [2.45, 2.75) is 0 Å². The molecule has 1 aliphatic rings. The fourth-order valence-electron chi connectivity index (χ4n) is 3.30. The topological polar surface area (TPSA) is 74.7 Å². The lowest BCUT2D eigenvalue weighted by molar-refractivity contribution is 0.174. The molecule has 0 amide bonds. The summed E-state index contributed by atoms with van der Waals surface area (Å²) in [6.45, 7) is 0.241. The third-order valence-corrected chi connectivity index (χ3v) is 5.59. The SMILES string of the molecule is COc1ccc(-c2csc3ncnc(Nc4ccc5c(c4)OCO5)c23)cc1OC. The average molecular weight is 407 g/mol. The molecule has 0 fully saturated rings. The number of nitrogens with zero attached hydrogens (tertiary/aromatic N) is 2. The molecule has 2 aromatic carbocycles. The summed E-state index contributed by atoms with van der Waals surface area (Å²) in [5, 5.41) is 6.41. The van der Waals surface area contributed by atoms with E-state index >= 15 is 0 Å². The second kappa shape index (κ2) is 7.14. The first-order valence-electron chi connectivity index (χ1n) is 8.88. The van der Waals surface area contributed by atoms with Gasteiger partial charge in [0.25, 0.3) is 0 Å². The number of fused-ring (bicyclic) bond motifs is 2. The highest BCUT2D eigenvalue weighted by molar-refractivity contribution is 7.17. The summed E-state index contributed by atoms with van der Waals surface area (Å²) < 4.78 is 21.7. The van der Waals surface area contributed by atoms with Crippen molar-refractivity contribution < 1.29 is 18.9 Å². The number of hydrogen-bond acceptors (Lipinski definition) is 8. The molecule has 0 aliphatic carbocycles. The van der Waals surface area contributed by atoms with Crippen molar-refractivity contribution in [2.24, 2.45) is 0 Å². The van der Waals surface area contributed by atoms with Crippen LogP contribution in [-0.2, 0) is 0 Å². The molecule has 1 aliphatic heterocycles. The first kappa shape index (κ1) is 17.6. The Kier molecular flexibility index (Phi) is 4.33. The largest absolute Gasteiger partial charge is 0.493 e. The van der Waals surface area contributed by atoms with Gasteiger partial charge in [0.1, 0.15) is 17.0 Å². The van der Waals surface area contributed by atoms with Crippen LogP contribution in [0.1, 0.15) is 0 Å². The van der Waals surface area contributed by atoms with Gasteiger partial charge in [0.15, 0.2) is 23.0 Å². The predicted octanol–water partition coefficient (Wildman–Crippen LogP) is 4.85. The monoisotopic (exact) mass is 407 g/mol. The average Bonchev–Trinajstić information content (AvgIpc) is 3.40. The van der Waals surface area contributed by atoms with Crippen molar-refractivity contribution in [3.8, 4) is 34.1 Å². The maximum Gasteiger partial charge on any atom is 0.231 e. The van der Waals surface area contributed by atoms with Crippen LogP contribution >= 0.6 is 11.3 Å². The van der Waals surface area contributed by atoms with E-state index in [1.807, 2.05) is 36.4 Å². The molecule has 0 spiro atoms. The Morgan fingerprint density at radius 1 is 0.966 bits per heavy atom. The minimum absolute atomic E-state index is 0.241. The highest BCUT2D eigenvalue weighted by Gasteiger charge is 2.17. The van der Waals surface area contributed by atoms with Gasteiger partial charge in [-0.2, -0.15) is 0 Å². The molecular weight excluding hydrogens is 390 g/mol. The van der Waals surface area contributed by atoms with E-state index in [1.54, 1.807) is 31.9 Å². The molecule has 3 heterocycles. The molecule has 8 heteroatoms. The molecule has 0 atom stereocenters. The lowest BCUT2D eigenvalue weighted by Crippen LogP contribution is -1.96. The molecule has 146 valence electrons. The van der Waals surface area contributed by atoms with Gasteiger partial charge in [-0.1, -0.05) is 6.07 Å². The quantitative estimate of drug-likeness (QED) is 0.507. The summed E-state index contributed by atoms with van der Waals surface area (Å²) in [6, 6.07) is 11.6. The highest BCUT2D eigenvalue weighted by Crippen LogP contribution is 2.41. The fraction of sp³-hybridized carbons (Fsp3) is 0.143. The summed E-state index contributed by atoms with van der Waals surface area (Å²) in [4.78, 5) is 9.81. The summed E-state index contributed by atoms with van der Waals surface area (Å²) in [5.74, 6) is 3.53. The van der Waals surface area contributed by atoms with E-state index in [4.69, 9.17) is 18.9 Å². The zero-order valence-corrected chi connectivity index (χ0v) is 16.6. The van der Waals surface area contributed by atoms with Gasteiger partial charge >= 0.3 is 0 Å². The number of anilines is 2. The number of ether oxygens (including phenoxy) is 4. The second-order valence-corrected chi connectivity index (χ2v) is 7.17. The van der Waals surface area contributed by atoms with Gasteiger partial charge in [0.05, 0.1) is 19.6 Å². The lowest BCUT2D eigenvalue weighted by atomic mass is 10.1. The number of aromatic nitrogens is 2. The number of rotatable bonds is 5. The van der Waals surface area contributed by atoms with Gasteiger partial charge in [0, 0.05) is 22.7 Å². The molecular formula is C21H17N3O4S. The number of benzene rings is 2. The van der Waals surface area contributed by atoms with Gasteiger partial charge in [-0.15, -0.1) is 11.3 Å². The Bertz CT molecular complexity index is 1210. The maximum absolute atomic E-state index is 5.47. The van der Waals surface area contributed by atoms with E-state index in [1.165, 1.54) is 0 Å². The fourth-order valence-corrected chi connectivity index (χ4v) is 4.21. The van der Waals surface area contributed by atoms with Crippen molar-refractivity contribution >= 4 is 33.1 Å². The number of nitrogens with one attached hydrogen (secondary N) is 1. The minimum Gasteiger partial charge on any atom is -0.493 e. The Morgan fingerprint density at radius 3 is 2.69 bits per heavy atom. The Morgan fingerprint density at radius 2 is 1.83 bits per heavy atom. The Labute approximate surface area is 170 Å². The molecule has 0 bridgehead atoms. The highest BCUT2D eigenvalue weighted by atomic mass is 32.1. The Balaban J connectivity index is 1.58. The van der Waals surface area contributed by atoms with Crippen molar-refractivity contribution in [3.63, 3.8) is 0 Å². The van der Waals surface area contributed by atoms with E-state index in [2.05, 4.69) is 20.7 Å². The van der Waals surface area contributed by atoms with Crippen LogP contribution in [0, 0.1) is 0 Å². The Hall–Kier alpha value is -3.52. The van der Waals surface area contributed by atoms with Gasteiger partial charge in [-0.25, -0.2) is 9.97 Å². The van der Waals surface area contributed by atoms with Crippen LogP contribution < -0.4 is 24.3 Å². The van der Waals surface area contributed by atoms with Crippen molar-refractivity contribution in [3.05, 3.63) is 48.1 Å². The summed E-state index contributed by atoms with van der Waals surface area (Å²) in [7, 11) is 3.25. The van der Waals surface area contributed by atoms with Crippen LogP contribution in [-0.4, -0.2) is 31.0 Å². The van der Waals surface area contributed by atoms with Crippen molar-refractivity contribution in [1.82, 2.24) is 9.97 Å². The number of methoxy groups -OCH3 is 2. The third-order valence-electron chi connectivity index (χ3n) is 4.70. The van der Waals surface area contributed by atoms with Crippen LogP contribution in [0.4, 0.5) is 11.5 Å². The smallest absolute Gasteiger partial charge is 0.231 e. The van der Waals surface area contributed by atoms with Gasteiger partial charge in [-0.05, 0) is 29.8 Å². The van der Waals surface area contributed by atoms with Gasteiger partial charge in [-0.3, -0.25) is 0 Å². The first-order chi connectivity index (χ1) is 14.3. The molecule has 7 nitrogen and oxygen atoms in total. The molecule has 29 heavy (non-hydrogen) atoms. The molecule has 1 N–H and O–H groups in total. The summed E-state index contributed by atoms with van der Waals surface area (Å²) in [5.41, 5.74) is 2.88. The summed E-state index contributed by atoms with van der Waals surface area (Å²) >= 11 is 1.57. The molecule has 4 aromatic rings. The minimum atomic E-state index is 0.241. The molecule has 0 saturated heterocycles. The van der Waals surface area contributed by atoms with Gasteiger partial charge < -0.3 is 24.3 Å². The van der Waals surface area contributed by atoms with Crippen molar-refractivity contribution in [2.75, 3.05) is 26.3 Å². The maximum atomic E-state index is 5.47. The molecule has 0 radical (unpaired) electrons. The van der Waals surface area contributed by atoms with Crippen molar-refractivity contribution in [1.29, 1.82) is 0 Å².